The molecule has 1 aromatic carbocycles. The van der Waals surface area contributed by atoms with E-state index in [1.54, 1.807) is 24.3 Å². The molecule has 4 unspecified atom stereocenters. The maximum atomic E-state index is 13.1. The minimum Gasteiger partial charge on any atom is -0.480 e. The van der Waals surface area contributed by atoms with Crippen molar-refractivity contribution >= 4 is 41.4 Å². The molecule has 11 nitrogen and oxygen atoms in total. The summed E-state index contributed by atoms with van der Waals surface area (Å²) in [6.07, 6.45) is 2.16. The molecule has 34 heavy (non-hydrogen) atoms. The summed E-state index contributed by atoms with van der Waals surface area (Å²) in [6, 6.07) is 4.70. The Morgan fingerprint density at radius 3 is 2.09 bits per heavy atom. The number of amides is 4. The molecule has 0 radical (unpaired) electrons. The van der Waals surface area contributed by atoms with Crippen molar-refractivity contribution in [3.05, 3.63) is 35.9 Å². The highest BCUT2D eigenvalue weighted by Gasteiger charge is 2.29. The maximum Gasteiger partial charge on any atom is 0.325 e. The zero-order chi connectivity index (χ0) is 25.7. The first-order valence-electron chi connectivity index (χ1n) is 10.8. The number of nitrogens with two attached hydrogens (primary N) is 2. The van der Waals surface area contributed by atoms with Crippen LogP contribution in [0.4, 0.5) is 0 Å². The number of hydrogen-bond donors (Lipinski definition) is 6. The molecule has 0 spiro atoms. The molecule has 0 heterocycles. The van der Waals surface area contributed by atoms with Gasteiger partial charge in [0.1, 0.15) is 18.1 Å². The average molecular weight is 496 g/mol. The Morgan fingerprint density at radius 1 is 0.941 bits per heavy atom. The highest BCUT2D eigenvalue weighted by Crippen LogP contribution is 2.07. The summed E-state index contributed by atoms with van der Waals surface area (Å²) >= 11 is 1.46. The zero-order valence-electron chi connectivity index (χ0n) is 19.3. The fourth-order valence-electron chi connectivity index (χ4n) is 2.92. The third-order valence-electron chi connectivity index (χ3n) is 4.93. The van der Waals surface area contributed by atoms with Gasteiger partial charge in [0.2, 0.25) is 23.6 Å². The van der Waals surface area contributed by atoms with Crippen LogP contribution in [-0.4, -0.2) is 70.9 Å². The number of benzene rings is 1. The first-order chi connectivity index (χ1) is 16.0. The van der Waals surface area contributed by atoms with E-state index in [1.165, 1.54) is 18.7 Å². The Balaban J connectivity index is 3.01. The van der Waals surface area contributed by atoms with Crippen molar-refractivity contribution in [2.45, 2.75) is 56.8 Å². The molecule has 0 aromatic heterocycles. The standard InChI is InChI=1S/C22H33N5O6S/c1-13(22(32)33)25-20(30)16(10-11-34-2)26-21(31)17(12-14-6-4-3-5-7-14)27-19(29)15(23)8-9-18(24)28/h3-7,13,15-17H,8-12,23H2,1-2H3,(H2,24,28)(H,25,30)(H,26,31)(H,27,29)(H,32,33). The van der Waals surface area contributed by atoms with E-state index < -0.39 is 53.8 Å². The van der Waals surface area contributed by atoms with Crippen molar-refractivity contribution in [3.63, 3.8) is 0 Å². The number of carboxylic acid groups (broad SMARTS) is 1. The van der Waals surface area contributed by atoms with Crippen LogP contribution in [-0.2, 0) is 30.4 Å². The van der Waals surface area contributed by atoms with E-state index in [1.807, 2.05) is 12.3 Å². The summed E-state index contributed by atoms with van der Waals surface area (Å²) in [5.41, 5.74) is 11.7. The van der Waals surface area contributed by atoms with Crippen LogP contribution in [0.1, 0.15) is 31.7 Å². The van der Waals surface area contributed by atoms with Crippen molar-refractivity contribution < 1.29 is 29.1 Å². The van der Waals surface area contributed by atoms with E-state index in [2.05, 4.69) is 16.0 Å². The van der Waals surface area contributed by atoms with Crippen LogP contribution in [0.3, 0.4) is 0 Å². The second kappa shape index (κ2) is 14.9. The highest BCUT2D eigenvalue weighted by atomic mass is 32.2. The molecule has 188 valence electrons. The van der Waals surface area contributed by atoms with Crippen LogP contribution in [0.25, 0.3) is 0 Å². The lowest BCUT2D eigenvalue weighted by molar-refractivity contribution is -0.141. The highest BCUT2D eigenvalue weighted by molar-refractivity contribution is 7.98. The van der Waals surface area contributed by atoms with Gasteiger partial charge in [0.15, 0.2) is 0 Å². The fourth-order valence-corrected chi connectivity index (χ4v) is 3.39. The smallest absolute Gasteiger partial charge is 0.325 e. The van der Waals surface area contributed by atoms with Crippen molar-refractivity contribution in [1.82, 2.24) is 16.0 Å². The van der Waals surface area contributed by atoms with Crippen LogP contribution in [0.15, 0.2) is 30.3 Å². The summed E-state index contributed by atoms with van der Waals surface area (Å²) in [4.78, 5) is 60.4. The molecule has 0 saturated carbocycles. The number of carboxylic acids is 1. The summed E-state index contributed by atoms with van der Waals surface area (Å²) < 4.78 is 0. The number of rotatable bonds is 15. The molecule has 4 amide bonds. The number of thioether (sulfide) groups is 1. The Kier molecular flexibility index (Phi) is 12.7. The predicted molar refractivity (Wildman–Crippen MR) is 129 cm³/mol. The summed E-state index contributed by atoms with van der Waals surface area (Å²) in [7, 11) is 0. The Bertz CT molecular complexity index is 853. The van der Waals surface area contributed by atoms with E-state index in [9.17, 15) is 24.0 Å². The summed E-state index contributed by atoms with van der Waals surface area (Å²) in [5.74, 6) is -3.17. The van der Waals surface area contributed by atoms with Gasteiger partial charge in [0.25, 0.3) is 0 Å². The van der Waals surface area contributed by atoms with E-state index in [0.29, 0.717) is 5.75 Å². The molecule has 0 aliphatic rings. The van der Waals surface area contributed by atoms with Gasteiger partial charge in [0, 0.05) is 12.8 Å². The van der Waals surface area contributed by atoms with Gasteiger partial charge >= 0.3 is 5.97 Å². The number of carbonyl (C=O) groups excluding carboxylic acids is 4. The number of hydrogen-bond acceptors (Lipinski definition) is 7. The molecule has 0 aliphatic heterocycles. The monoisotopic (exact) mass is 495 g/mol. The molecule has 0 fully saturated rings. The molecular weight excluding hydrogens is 462 g/mol. The molecule has 0 saturated heterocycles. The maximum absolute atomic E-state index is 13.1. The fraction of sp³-hybridized carbons (Fsp3) is 0.500. The van der Waals surface area contributed by atoms with Crippen molar-refractivity contribution in [2.24, 2.45) is 11.5 Å². The first-order valence-corrected chi connectivity index (χ1v) is 12.1. The number of nitrogens with one attached hydrogen (secondary N) is 3. The van der Waals surface area contributed by atoms with E-state index in [0.717, 1.165) is 5.56 Å². The van der Waals surface area contributed by atoms with Crippen molar-refractivity contribution in [2.75, 3.05) is 12.0 Å². The number of aliphatic carboxylic acids is 1. The first kappa shape index (κ1) is 28.9. The zero-order valence-corrected chi connectivity index (χ0v) is 20.1. The van der Waals surface area contributed by atoms with Crippen molar-refractivity contribution in [3.8, 4) is 0 Å². The van der Waals surface area contributed by atoms with Gasteiger partial charge in [-0.2, -0.15) is 11.8 Å². The molecule has 0 bridgehead atoms. The second-order valence-electron chi connectivity index (χ2n) is 7.77. The summed E-state index contributed by atoms with van der Waals surface area (Å²) in [5, 5.41) is 16.6. The Labute approximate surface area is 202 Å². The Morgan fingerprint density at radius 2 is 1.53 bits per heavy atom. The van der Waals surface area contributed by atoms with Crippen LogP contribution in [0, 0.1) is 0 Å². The largest absolute Gasteiger partial charge is 0.480 e. The molecule has 0 aliphatic carbocycles. The third kappa shape index (κ3) is 10.7. The van der Waals surface area contributed by atoms with E-state index >= 15 is 0 Å². The Hall–Kier alpha value is -3.12. The van der Waals surface area contributed by atoms with Gasteiger partial charge in [-0.1, -0.05) is 30.3 Å². The average Bonchev–Trinajstić information content (AvgIpc) is 2.79. The SMILES string of the molecule is CSCCC(NC(=O)C(Cc1ccccc1)NC(=O)C(N)CCC(N)=O)C(=O)NC(C)C(=O)O. The lowest BCUT2D eigenvalue weighted by Crippen LogP contribution is -2.57. The number of primary amides is 1. The minimum absolute atomic E-state index is 0.0205. The third-order valence-corrected chi connectivity index (χ3v) is 5.57. The van der Waals surface area contributed by atoms with E-state index in [4.69, 9.17) is 16.6 Å². The van der Waals surface area contributed by atoms with Crippen molar-refractivity contribution in [1.29, 1.82) is 0 Å². The summed E-state index contributed by atoms with van der Waals surface area (Å²) in [6.45, 7) is 1.32. The number of carbonyl (C=O) groups is 5. The predicted octanol–water partition coefficient (Wildman–Crippen LogP) is -0.866. The molecule has 8 N–H and O–H groups in total. The molecular formula is C22H33N5O6S. The van der Waals surface area contributed by atoms with Gasteiger partial charge in [-0.15, -0.1) is 0 Å². The van der Waals surface area contributed by atoms with Gasteiger partial charge in [-0.25, -0.2) is 0 Å². The van der Waals surface area contributed by atoms with Gasteiger partial charge < -0.3 is 32.5 Å². The second-order valence-corrected chi connectivity index (χ2v) is 8.76. The van der Waals surface area contributed by atoms with Crippen LogP contribution >= 0.6 is 11.8 Å². The topological polar surface area (TPSA) is 194 Å². The molecule has 1 aromatic rings. The lowest BCUT2D eigenvalue weighted by Gasteiger charge is -2.25. The van der Waals surface area contributed by atoms with Crippen LogP contribution in [0.5, 0.6) is 0 Å². The lowest BCUT2D eigenvalue weighted by atomic mass is 10.0. The normalized spacial score (nSPS) is 14.2. The van der Waals surface area contributed by atoms with Crippen LogP contribution in [0.2, 0.25) is 0 Å². The minimum atomic E-state index is -1.21. The quantitative estimate of drug-likeness (QED) is 0.181. The van der Waals surface area contributed by atoms with E-state index in [-0.39, 0.29) is 25.7 Å². The van der Waals surface area contributed by atoms with Gasteiger partial charge in [-0.05, 0) is 37.3 Å². The molecule has 4 atom stereocenters. The molecule has 12 heteroatoms. The van der Waals surface area contributed by atoms with Gasteiger partial charge in [0.05, 0.1) is 6.04 Å². The van der Waals surface area contributed by atoms with Gasteiger partial charge in [-0.3, -0.25) is 24.0 Å². The molecule has 1 rings (SSSR count). The van der Waals surface area contributed by atoms with Crippen LogP contribution < -0.4 is 27.4 Å².